The van der Waals surface area contributed by atoms with Crippen LogP contribution in [0.1, 0.15) is 31.7 Å². The Balaban J connectivity index is 2.23. The van der Waals surface area contributed by atoms with Gasteiger partial charge in [-0.05, 0) is 37.8 Å². The number of hydrogen-bond donors (Lipinski definition) is 0. The normalized spacial score (nSPS) is 15.1. The third kappa shape index (κ3) is 2.41. The highest BCUT2D eigenvalue weighted by Crippen LogP contribution is 2.30. The van der Waals surface area contributed by atoms with Crippen molar-refractivity contribution in [2.45, 2.75) is 26.2 Å². The number of hydrogen-bond acceptors (Lipinski definition) is 2. The van der Waals surface area contributed by atoms with Crippen LogP contribution >= 0.6 is 0 Å². The van der Waals surface area contributed by atoms with Crippen LogP contribution in [0.15, 0.2) is 18.2 Å². The Morgan fingerprint density at radius 2 is 2.24 bits per heavy atom. The first-order valence-corrected chi connectivity index (χ1v) is 6.19. The molecule has 0 aliphatic heterocycles. The highest BCUT2D eigenvalue weighted by atomic mass is 19.1. The van der Waals surface area contributed by atoms with Crippen LogP contribution < -0.4 is 4.90 Å². The molecule has 0 heterocycles. The lowest BCUT2D eigenvalue weighted by atomic mass is 9.85. The van der Waals surface area contributed by atoms with Gasteiger partial charge in [-0.25, -0.2) is 4.39 Å². The summed E-state index contributed by atoms with van der Waals surface area (Å²) < 4.78 is 13.5. The molecule has 1 aromatic rings. The number of nitrogens with zero attached hydrogens (tertiary/aromatic N) is 2. The SMILES string of the molecule is CCN(CC1CCC1)c1cccc(F)c1C#N. The van der Waals surface area contributed by atoms with Gasteiger partial charge in [0.05, 0.1) is 5.69 Å². The Kier molecular flexibility index (Phi) is 3.63. The molecule has 0 unspecified atom stereocenters. The van der Waals surface area contributed by atoms with Crippen LogP contribution in [0.2, 0.25) is 0 Å². The molecule has 1 aliphatic rings. The summed E-state index contributed by atoms with van der Waals surface area (Å²) in [5, 5.41) is 9.03. The summed E-state index contributed by atoms with van der Waals surface area (Å²) in [5.74, 6) is 0.293. The van der Waals surface area contributed by atoms with Crippen LogP contribution in [0, 0.1) is 23.1 Å². The number of anilines is 1. The van der Waals surface area contributed by atoms with E-state index in [0.717, 1.165) is 18.8 Å². The fourth-order valence-corrected chi connectivity index (χ4v) is 2.27. The van der Waals surface area contributed by atoms with Crippen molar-refractivity contribution in [3.8, 4) is 6.07 Å². The summed E-state index contributed by atoms with van der Waals surface area (Å²) in [5.41, 5.74) is 0.913. The average Bonchev–Trinajstić information content (AvgIpc) is 2.28. The summed E-state index contributed by atoms with van der Waals surface area (Å²) in [7, 11) is 0. The quantitative estimate of drug-likeness (QED) is 0.796. The zero-order chi connectivity index (χ0) is 12.3. The van der Waals surface area contributed by atoms with Crippen molar-refractivity contribution in [3.05, 3.63) is 29.6 Å². The standard InChI is InChI=1S/C14H17FN2/c1-2-17(10-11-5-3-6-11)14-8-4-7-13(15)12(14)9-16/h4,7-8,11H,2-3,5-6,10H2,1H3. The minimum absolute atomic E-state index is 0.175. The molecule has 3 heteroatoms. The molecule has 1 aromatic carbocycles. The topological polar surface area (TPSA) is 27.0 Å². The molecule has 2 rings (SSSR count). The lowest BCUT2D eigenvalue weighted by molar-refractivity contribution is 0.318. The lowest BCUT2D eigenvalue weighted by Crippen LogP contribution is -2.33. The minimum Gasteiger partial charge on any atom is -0.370 e. The number of halogens is 1. The molecule has 0 radical (unpaired) electrons. The first-order valence-electron chi connectivity index (χ1n) is 6.19. The molecule has 0 saturated heterocycles. The molecule has 0 aromatic heterocycles. The summed E-state index contributed by atoms with van der Waals surface area (Å²) in [4.78, 5) is 2.12. The van der Waals surface area contributed by atoms with Gasteiger partial charge in [-0.15, -0.1) is 0 Å². The van der Waals surface area contributed by atoms with Crippen LogP contribution in [0.4, 0.5) is 10.1 Å². The second kappa shape index (κ2) is 5.18. The predicted octanol–water partition coefficient (Wildman–Crippen LogP) is 3.32. The minimum atomic E-state index is -0.419. The molecular formula is C14H17FN2. The molecule has 17 heavy (non-hydrogen) atoms. The smallest absolute Gasteiger partial charge is 0.143 e. The Morgan fingerprint density at radius 3 is 2.76 bits per heavy atom. The van der Waals surface area contributed by atoms with Gasteiger partial charge in [-0.2, -0.15) is 5.26 Å². The van der Waals surface area contributed by atoms with Crippen LogP contribution in [-0.2, 0) is 0 Å². The van der Waals surface area contributed by atoms with Gasteiger partial charge in [-0.1, -0.05) is 12.5 Å². The second-order valence-corrected chi connectivity index (χ2v) is 4.58. The molecule has 1 aliphatic carbocycles. The van der Waals surface area contributed by atoms with Crippen molar-refractivity contribution in [2.24, 2.45) is 5.92 Å². The van der Waals surface area contributed by atoms with Crippen molar-refractivity contribution < 1.29 is 4.39 Å². The van der Waals surface area contributed by atoms with Gasteiger partial charge in [0, 0.05) is 13.1 Å². The maximum atomic E-state index is 13.5. The third-order valence-electron chi connectivity index (χ3n) is 3.53. The molecule has 2 nitrogen and oxygen atoms in total. The van der Waals surface area contributed by atoms with E-state index in [1.165, 1.54) is 25.3 Å². The van der Waals surface area contributed by atoms with Gasteiger partial charge in [0.1, 0.15) is 17.4 Å². The first-order chi connectivity index (χ1) is 8.26. The van der Waals surface area contributed by atoms with E-state index in [0.29, 0.717) is 5.92 Å². The molecular weight excluding hydrogens is 215 g/mol. The van der Waals surface area contributed by atoms with Crippen molar-refractivity contribution in [1.29, 1.82) is 5.26 Å². The van der Waals surface area contributed by atoms with Gasteiger partial charge < -0.3 is 4.90 Å². The molecule has 0 amide bonds. The average molecular weight is 232 g/mol. The Bertz CT molecular complexity index is 432. The van der Waals surface area contributed by atoms with Crippen molar-refractivity contribution in [3.63, 3.8) is 0 Å². The van der Waals surface area contributed by atoms with Gasteiger partial charge in [0.15, 0.2) is 0 Å². The third-order valence-corrected chi connectivity index (χ3v) is 3.53. The van der Waals surface area contributed by atoms with Crippen molar-refractivity contribution in [2.75, 3.05) is 18.0 Å². The van der Waals surface area contributed by atoms with Crippen molar-refractivity contribution in [1.82, 2.24) is 0 Å². The van der Waals surface area contributed by atoms with Gasteiger partial charge in [0.2, 0.25) is 0 Å². The van der Waals surface area contributed by atoms with Crippen molar-refractivity contribution >= 4 is 5.69 Å². The molecule has 0 bridgehead atoms. The molecule has 0 N–H and O–H groups in total. The van der Waals surface area contributed by atoms with E-state index in [-0.39, 0.29) is 5.56 Å². The fraction of sp³-hybridized carbons (Fsp3) is 0.500. The monoisotopic (exact) mass is 232 g/mol. The van der Waals surface area contributed by atoms with Crippen LogP contribution in [0.3, 0.4) is 0 Å². The van der Waals surface area contributed by atoms with E-state index < -0.39 is 5.82 Å². The summed E-state index contributed by atoms with van der Waals surface area (Å²) in [6.45, 7) is 3.80. The number of benzene rings is 1. The van der Waals surface area contributed by atoms with E-state index in [1.54, 1.807) is 6.07 Å². The van der Waals surface area contributed by atoms with E-state index in [9.17, 15) is 4.39 Å². The maximum absolute atomic E-state index is 13.5. The van der Waals surface area contributed by atoms with Crippen LogP contribution in [-0.4, -0.2) is 13.1 Å². The Morgan fingerprint density at radius 1 is 1.47 bits per heavy atom. The van der Waals surface area contributed by atoms with E-state index in [1.807, 2.05) is 19.1 Å². The number of nitriles is 1. The van der Waals surface area contributed by atoms with Gasteiger partial charge in [0.25, 0.3) is 0 Å². The zero-order valence-electron chi connectivity index (χ0n) is 10.1. The largest absolute Gasteiger partial charge is 0.370 e. The van der Waals surface area contributed by atoms with E-state index >= 15 is 0 Å². The van der Waals surface area contributed by atoms with Crippen LogP contribution in [0.5, 0.6) is 0 Å². The fourth-order valence-electron chi connectivity index (χ4n) is 2.27. The predicted molar refractivity (Wildman–Crippen MR) is 66.3 cm³/mol. The first kappa shape index (κ1) is 11.9. The van der Waals surface area contributed by atoms with Gasteiger partial charge >= 0.3 is 0 Å². The number of rotatable bonds is 4. The van der Waals surface area contributed by atoms with Gasteiger partial charge in [-0.3, -0.25) is 0 Å². The Hall–Kier alpha value is -1.56. The molecule has 0 atom stereocenters. The van der Waals surface area contributed by atoms with E-state index in [4.69, 9.17) is 5.26 Å². The maximum Gasteiger partial charge on any atom is 0.143 e. The molecule has 0 spiro atoms. The second-order valence-electron chi connectivity index (χ2n) is 4.58. The van der Waals surface area contributed by atoms with E-state index in [2.05, 4.69) is 4.90 Å². The zero-order valence-corrected chi connectivity index (χ0v) is 10.1. The highest BCUT2D eigenvalue weighted by Gasteiger charge is 2.22. The molecule has 90 valence electrons. The summed E-state index contributed by atoms with van der Waals surface area (Å²) in [6, 6.07) is 6.83. The summed E-state index contributed by atoms with van der Waals surface area (Å²) in [6.07, 6.45) is 3.82. The summed E-state index contributed by atoms with van der Waals surface area (Å²) >= 11 is 0. The molecule has 1 saturated carbocycles. The highest BCUT2D eigenvalue weighted by molar-refractivity contribution is 5.59. The Labute approximate surface area is 102 Å². The van der Waals surface area contributed by atoms with Crippen LogP contribution in [0.25, 0.3) is 0 Å². The molecule has 1 fully saturated rings. The lowest BCUT2D eigenvalue weighted by Gasteiger charge is -2.33.